The van der Waals surface area contributed by atoms with Gasteiger partial charge in [-0.2, -0.15) is 0 Å². The Morgan fingerprint density at radius 1 is 1.39 bits per heavy atom. The van der Waals surface area contributed by atoms with Crippen molar-refractivity contribution in [2.24, 2.45) is 0 Å². The van der Waals surface area contributed by atoms with Crippen LogP contribution in [0, 0.1) is 6.92 Å². The molecule has 0 saturated carbocycles. The Bertz CT molecular complexity index is 549. The van der Waals surface area contributed by atoms with Crippen LogP contribution in [0.2, 0.25) is 0 Å². The van der Waals surface area contributed by atoms with Crippen LogP contribution in [-0.4, -0.2) is 20.2 Å². The van der Waals surface area contributed by atoms with Crippen molar-refractivity contribution in [2.75, 3.05) is 0 Å². The predicted molar refractivity (Wildman–Crippen MR) is 71.3 cm³/mol. The topological polar surface area (TPSA) is 63.2 Å². The largest absolute Gasteiger partial charge is 0.295 e. The van der Waals surface area contributed by atoms with Crippen molar-refractivity contribution >= 4 is 15.8 Å². The Balaban J connectivity index is 3.23. The van der Waals surface area contributed by atoms with Crippen molar-refractivity contribution in [3.8, 4) is 0 Å². The van der Waals surface area contributed by atoms with Gasteiger partial charge in [-0.3, -0.25) is 4.79 Å². The zero-order valence-corrected chi connectivity index (χ0v) is 12.0. The fourth-order valence-corrected chi connectivity index (χ4v) is 3.12. The number of aryl methyl sites for hydroxylation is 1. The maximum Gasteiger partial charge on any atom is 0.241 e. The Labute approximate surface area is 108 Å². The summed E-state index contributed by atoms with van der Waals surface area (Å²) in [4.78, 5) is 11.5. The van der Waals surface area contributed by atoms with E-state index in [1.165, 1.54) is 13.0 Å². The van der Waals surface area contributed by atoms with Crippen LogP contribution in [-0.2, 0) is 10.0 Å². The van der Waals surface area contributed by atoms with Crippen molar-refractivity contribution < 1.29 is 13.2 Å². The number of ketones is 1. The molecular weight excluding hydrogens is 250 g/mol. The highest BCUT2D eigenvalue weighted by Crippen LogP contribution is 2.18. The molecule has 0 saturated heterocycles. The van der Waals surface area contributed by atoms with Gasteiger partial charge in [0.25, 0.3) is 0 Å². The van der Waals surface area contributed by atoms with Crippen LogP contribution < -0.4 is 4.72 Å². The monoisotopic (exact) mass is 269 g/mol. The molecule has 0 aliphatic rings. The minimum atomic E-state index is -3.56. The van der Waals surface area contributed by atoms with Crippen LogP contribution in [0.4, 0.5) is 0 Å². The molecule has 18 heavy (non-hydrogen) atoms. The molecule has 0 aliphatic carbocycles. The summed E-state index contributed by atoms with van der Waals surface area (Å²) in [5, 5.41) is 0. The molecule has 4 nitrogen and oxygen atoms in total. The molecule has 100 valence electrons. The fraction of sp³-hybridized carbons (Fsp3) is 0.462. The van der Waals surface area contributed by atoms with E-state index in [-0.39, 0.29) is 16.7 Å². The first-order chi connectivity index (χ1) is 8.27. The second-order valence-electron chi connectivity index (χ2n) is 4.47. The molecule has 0 aliphatic heterocycles. The Kier molecular flexibility index (Phi) is 4.65. The Morgan fingerprint density at radius 3 is 2.50 bits per heavy atom. The molecule has 0 amide bonds. The molecule has 1 atom stereocenters. The summed E-state index contributed by atoms with van der Waals surface area (Å²) in [6, 6.07) is 4.60. The van der Waals surface area contributed by atoms with E-state index in [0.717, 1.165) is 0 Å². The van der Waals surface area contributed by atoms with Gasteiger partial charge in [-0.15, -0.1) is 0 Å². The van der Waals surface area contributed by atoms with Crippen LogP contribution in [0.1, 0.15) is 43.1 Å². The van der Waals surface area contributed by atoms with Gasteiger partial charge in [0.05, 0.1) is 4.90 Å². The van der Waals surface area contributed by atoms with Crippen LogP contribution in [0.5, 0.6) is 0 Å². The van der Waals surface area contributed by atoms with E-state index in [2.05, 4.69) is 4.72 Å². The third-order valence-electron chi connectivity index (χ3n) is 2.85. The molecule has 1 aromatic rings. The van der Waals surface area contributed by atoms with Crippen LogP contribution in [0.25, 0.3) is 0 Å². The number of hydrogen-bond donors (Lipinski definition) is 1. The lowest BCUT2D eigenvalue weighted by atomic mass is 10.1. The quantitative estimate of drug-likeness (QED) is 0.834. The number of carbonyl (C=O) groups excluding carboxylic acids is 1. The molecule has 0 bridgehead atoms. The van der Waals surface area contributed by atoms with Crippen LogP contribution in [0.15, 0.2) is 23.1 Å². The van der Waals surface area contributed by atoms with E-state index in [4.69, 9.17) is 0 Å². The van der Waals surface area contributed by atoms with Gasteiger partial charge in [-0.25, -0.2) is 13.1 Å². The van der Waals surface area contributed by atoms with Gasteiger partial charge in [0.15, 0.2) is 5.78 Å². The number of nitrogens with one attached hydrogen (secondary N) is 1. The first-order valence-electron chi connectivity index (χ1n) is 5.92. The highest BCUT2D eigenvalue weighted by molar-refractivity contribution is 7.89. The zero-order chi connectivity index (χ0) is 13.9. The van der Waals surface area contributed by atoms with Gasteiger partial charge in [0.1, 0.15) is 0 Å². The Hall–Kier alpha value is -1.20. The standard InChI is InChI=1S/C13H19NO3S/c1-5-10(3)14-18(16,17)13-8-12(11(4)15)7-6-9(13)2/h6-8,10,14H,5H2,1-4H3. The molecular formula is C13H19NO3S. The molecule has 0 heterocycles. The van der Waals surface area contributed by atoms with E-state index < -0.39 is 10.0 Å². The second-order valence-corrected chi connectivity index (χ2v) is 6.15. The molecule has 1 N–H and O–H groups in total. The number of rotatable bonds is 5. The van der Waals surface area contributed by atoms with Gasteiger partial charge >= 0.3 is 0 Å². The number of hydrogen-bond acceptors (Lipinski definition) is 3. The third kappa shape index (κ3) is 3.40. The van der Waals surface area contributed by atoms with Gasteiger partial charge < -0.3 is 0 Å². The maximum atomic E-state index is 12.2. The van der Waals surface area contributed by atoms with E-state index in [1.807, 2.05) is 13.8 Å². The van der Waals surface area contributed by atoms with Gasteiger partial charge in [0, 0.05) is 11.6 Å². The molecule has 0 aromatic heterocycles. The van der Waals surface area contributed by atoms with Crippen molar-refractivity contribution in [3.05, 3.63) is 29.3 Å². The van der Waals surface area contributed by atoms with E-state index in [1.54, 1.807) is 19.1 Å². The first-order valence-corrected chi connectivity index (χ1v) is 7.40. The van der Waals surface area contributed by atoms with E-state index >= 15 is 0 Å². The minimum Gasteiger partial charge on any atom is -0.295 e. The third-order valence-corrected chi connectivity index (χ3v) is 4.58. The molecule has 0 spiro atoms. The molecule has 0 radical (unpaired) electrons. The highest BCUT2D eigenvalue weighted by atomic mass is 32.2. The van der Waals surface area contributed by atoms with Gasteiger partial charge in [0.2, 0.25) is 10.0 Å². The normalized spacial score (nSPS) is 13.3. The summed E-state index contributed by atoms with van der Waals surface area (Å²) >= 11 is 0. The fourth-order valence-electron chi connectivity index (χ4n) is 1.52. The Morgan fingerprint density at radius 2 is 2.00 bits per heavy atom. The van der Waals surface area contributed by atoms with Gasteiger partial charge in [-0.05, 0) is 38.8 Å². The highest BCUT2D eigenvalue weighted by Gasteiger charge is 2.19. The van der Waals surface area contributed by atoms with Crippen LogP contribution >= 0.6 is 0 Å². The maximum absolute atomic E-state index is 12.2. The van der Waals surface area contributed by atoms with Crippen molar-refractivity contribution in [1.29, 1.82) is 0 Å². The van der Waals surface area contributed by atoms with Crippen molar-refractivity contribution in [2.45, 2.75) is 45.1 Å². The zero-order valence-electron chi connectivity index (χ0n) is 11.1. The summed E-state index contributed by atoms with van der Waals surface area (Å²) in [5.74, 6) is -0.144. The summed E-state index contributed by atoms with van der Waals surface area (Å²) in [5.41, 5.74) is 1.04. The number of sulfonamides is 1. The van der Waals surface area contributed by atoms with E-state index in [9.17, 15) is 13.2 Å². The summed E-state index contributed by atoms with van der Waals surface area (Å²) < 4.78 is 26.9. The van der Waals surface area contributed by atoms with Gasteiger partial charge in [-0.1, -0.05) is 19.1 Å². The summed E-state index contributed by atoms with van der Waals surface area (Å²) in [6.45, 7) is 6.85. The van der Waals surface area contributed by atoms with E-state index in [0.29, 0.717) is 17.5 Å². The van der Waals surface area contributed by atoms with Crippen LogP contribution in [0.3, 0.4) is 0 Å². The number of benzene rings is 1. The number of carbonyl (C=O) groups is 1. The predicted octanol–water partition coefficient (Wildman–Crippen LogP) is 2.27. The minimum absolute atomic E-state index is 0.129. The molecule has 5 heteroatoms. The lowest BCUT2D eigenvalue weighted by molar-refractivity contribution is 0.101. The lowest BCUT2D eigenvalue weighted by Gasteiger charge is -2.14. The first kappa shape index (κ1) is 14.9. The molecule has 0 fully saturated rings. The molecule has 1 unspecified atom stereocenters. The second kappa shape index (κ2) is 5.63. The average molecular weight is 269 g/mol. The molecule has 1 aromatic carbocycles. The molecule has 1 rings (SSSR count). The smallest absolute Gasteiger partial charge is 0.241 e. The van der Waals surface area contributed by atoms with Crippen molar-refractivity contribution in [1.82, 2.24) is 4.72 Å². The number of Topliss-reactive ketones (excluding diaryl/α,β-unsaturated/α-hetero) is 1. The SMILES string of the molecule is CCC(C)NS(=O)(=O)c1cc(C(C)=O)ccc1C. The average Bonchev–Trinajstić information content (AvgIpc) is 2.28. The summed E-state index contributed by atoms with van der Waals surface area (Å²) in [6.07, 6.45) is 0.713. The summed E-state index contributed by atoms with van der Waals surface area (Å²) in [7, 11) is -3.56. The van der Waals surface area contributed by atoms with Crippen molar-refractivity contribution in [3.63, 3.8) is 0 Å². The lowest BCUT2D eigenvalue weighted by Crippen LogP contribution is -2.32.